The monoisotopic (exact) mass is 323 g/mol. The summed E-state index contributed by atoms with van der Waals surface area (Å²) >= 11 is 0. The molecule has 0 aromatic heterocycles. The molecular formula is C17H19F2NO3. The summed E-state index contributed by atoms with van der Waals surface area (Å²) in [6, 6.07) is 3.42. The fraction of sp³-hybridized carbons (Fsp3) is 0.529. The number of benzene rings is 1. The number of halogens is 2. The molecule has 23 heavy (non-hydrogen) atoms. The van der Waals surface area contributed by atoms with E-state index in [1.807, 2.05) is 6.92 Å². The number of aliphatic carboxylic acids is 1. The van der Waals surface area contributed by atoms with E-state index in [2.05, 4.69) is 0 Å². The van der Waals surface area contributed by atoms with Crippen molar-refractivity contribution in [1.82, 2.24) is 4.90 Å². The molecule has 1 aliphatic carbocycles. The number of likely N-dealkylation sites (tertiary alicyclic amines) is 1. The molecule has 1 amide bonds. The summed E-state index contributed by atoms with van der Waals surface area (Å²) in [7, 11) is 0. The summed E-state index contributed by atoms with van der Waals surface area (Å²) in [5, 5.41) is 9.18. The van der Waals surface area contributed by atoms with Crippen LogP contribution in [0.4, 0.5) is 8.78 Å². The van der Waals surface area contributed by atoms with Crippen molar-refractivity contribution in [2.24, 2.45) is 17.8 Å². The summed E-state index contributed by atoms with van der Waals surface area (Å²) in [5.74, 6) is -3.22. The molecule has 1 heterocycles. The maximum atomic E-state index is 13.8. The predicted octanol–water partition coefficient (Wildman–Crippen LogP) is 2.64. The van der Waals surface area contributed by atoms with E-state index in [0.717, 1.165) is 6.07 Å². The van der Waals surface area contributed by atoms with Gasteiger partial charge in [-0.1, -0.05) is 13.0 Å². The lowest BCUT2D eigenvalue weighted by Gasteiger charge is -2.35. The van der Waals surface area contributed by atoms with Gasteiger partial charge in [0, 0.05) is 25.1 Å². The highest BCUT2D eigenvalue weighted by Gasteiger charge is 2.48. The maximum Gasteiger partial charge on any atom is 0.308 e. The SMILES string of the molecule is CC1CC(C(=O)O)CN(C(=O)C2CC2c2ccc(F)cc2F)C1. The number of carboxylic acids is 1. The number of hydrogen-bond donors (Lipinski definition) is 1. The Hall–Kier alpha value is -1.98. The van der Waals surface area contributed by atoms with Gasteiger partial charge in [0.2, 0.25) is 5.91 Å². The molecule has 0 bridgehead atoms. The third-order valence-corrected chi connectivity index (χ3v) is 4.79. The van der Waals surface area contributed by atoms with Gasteiger partial charge >= 0.3 is 5.97 Å². The van der Waals surface area contributed by atoms with Crippen LogP contribution in [0.1, 0.15) is 31.2 Å². The first-order valence-corrected chi connectivity index (χ1v) is 7.83. The molecule has 1 aromatic carbocycles. The largest absolute Gasteiger partial charge is 0.481 e. The van der Waals surface area contributed by atoms with Crippen molar-refractivity contribution < 1.29 is 23.5 Å². The summed E-state index contributed by atoms with van der Waals surface area (Å²) in [6.45, 7) is 2.69. The molecule has 1 aliphatic heterocycles. The van der Waals surface area contributed by atoms with Crippen molar-refractivity contribution in [3.63, 3.8) is 0 Å². The van der Waals surface area contributed by atoms with E-state index in [4.69, 9.17) is 0 Å². The highest BCUT2D eigenvalue weighted by atomic mass is 19.1. The Morgan fingerprint density at radius 1 is 1.22 bits per heavy atom. The van der Waals surface area contributed by atoms with E-state index < -0.39 is 23.5 Å². The first-order chi connectivity index (χ1) is 10.9. The minimum absolute atomic E-state index is 0.114. The van der Waals surface area contributed by atoms with Gasteiger partial charge in [-0.15, -0.1) is 0 Å². The second-order valence-corrected chi connectivity index (χ2v) is 6.73. The highest BCUT2D eigenvalue weighted by Crippen LogP contribution is 2.49. The zero-order valence-corrected chi connectivity index (χ0v) is 12.8. The van der Waals surface area contributed by atoms with E-state index in [0.29, 0.717) is 24.9 Å². The van der Waals surface area contributed by atoms with Crippen molar-refractivity contribution >= 4 is 11.9 Å². The third kappa shape index (κ3) is 3.21. The Balaban J connectivity index is 1.69. The molecule has 4 atom stereocenters. The number of carbonyl (C=O) groups is 2. The van der Waals surface area contributed by atoms with Crippen LogP contribution in [0.3, 0.4) is 0 Å². The van der Waals surface area contributed by atoms with Crippen LogP contribution in [0.2, 0.25) is 0 Å². The molecule has 0 spiro atoms. The Morgan fingerprint density at radius 2 is 1.96 bits per heavy atom. The van der Waals surface area contributed by atoms with Crippen LogP contribution in [-0.2, 0) is 9.59 Å². The van der Waals surface area contributed by atoms with Gasteiger partial charge in [0.1, 0.15) is 11.6 Å². The normalized spacial score (nSPS) is 30.1. The van der Waals surface area contributed by atoms with Gasteiger partial charge in [-0.05, 0) is 36.3 Å². The summed E-state index contributed by atoms with van der Waals surface area (Å²) in [6.07, 6.45) is 1.10. The van der Waals surface area contributed by atoms with E-state index in [9.17, 15) is 23.5 Å². The van der Waals surface area contributed by atoms with Crippen molar-refractivity contribution in [2.75, 3.05) is 13.1 Å². The standard InChI is InChI=1S/C17H19F2NO3/c1-9-4-10(17(22)23)8-20(7-9)16(21)14-6-13(14)12-3-2-11(18)5-15(12)19/h2-3,5,9-10,13-14H,4,6-8H2,1H3,(H,22,23). The first-order valence-electron chi connectivity index (χ1n) is 7.83. The molecule has 0 radical (unpaired) electrons. The molecule has 1 aromatic rings. The fourth-order valence-electron chi connectivity index (χ4n) is 3.56. The molecule has 124 valence electrons. The molecule has 3 rings (SSSR count). The lowest BCUT2D eigenvalue weighted by molar-refractivity contribution is -0.147. The third-order valence-electron chi connectivity index (χ3n) is 4.79. The van der Waals surface area contributed by atoms with Crippen LogP contribution in [0.5, 0.6) is 0 Å². The predicted molar refractivity (Wildman–Crippen MR) is 78.7 cm³/mol. The second kappa shape index (κ2) is 5.91. The number of piperidine rings is 1. The summed E-state index contributed by atoms with van der Waals surface area (Å²) < 4.78 is 26.8. The van der Waals surface area contributed by atoms with Crippen LogP contribution in [0.25, 0.3) is 0 Å². The Morgan fingerprint density at radius 3 is 2.61 bits per heavy atom. The van der Waals surface area contributed by atoms with Gasteiger partial charge < -0.3 is 10.0 Å². The zero-order valence-electron chi connectivity index (χ0n) is 12.8. The van der Waals surface area contributed by atoms with Crippen molar-refractivity contribution in [1.29, 1.82) is 0 Å². The smallest absolute Gasteiger partial charge is 0.308 e. The van der Waals surface area contributed by atoms with Gasteiger partial charge in [-0.3, -0.25) is 9.59 Å². The minimum Gasteiger partial charge on any atom is -0.481 e. The zero-order chi connectivity index (χ0) is 16.7. The van der Waals surface area contributed by atoms with Crippen molar-refractivity contribution in [2.45, 2.75) is 25.7 Å². The summed E-state index contributed by atoms with van der Waals surface area (Å²) in [5.41, 5.74) is 0.365. The number of hydrogen-bond acceptors (Lipinski definition) is 2. The molecule has 6 heteroatoms. The first kappa shape index (κ1) is 15.9. The van der Waals surface area contributed by atoms with Gasteiger partial charge in [-0.25, -0.2) is 8.78 Å². The van der Waals surface area contributed by atoms with Crippen LogP contribution < -0.4 is 0 Å². The van der Waals surface area contributed by atoms with Crippen LogP contribution in [0, 0.1) is 29.4 Å². The van der Waals surface area contributed by atoms with Crippen LogP contribution in [0.15, 0.2) is 18.2 Å². The molecule has 2 fully saturated rings. The maximum absolute atomic E-state index is 13.8. The minimum atomic E-state index is -0.883. The second-order valence-electron chi connectivity index (χ2n) is 6.73. The molecule has 1 saturated heterocycles. The Bertz CT molecular complexity index is 649. The van der Waals surface area contributed by atoms with E-state index >= 15 is 0 Å². The summed E-state index contributed by atoms with van der Waals surface area (Å²) in [4.78, 5) is 25.4. The average molecular weight is 323 g/mol. The molecule has 2 aliphatic rings. The Labute approximate surface area is 133 Å². The molecule has 1 N–H and O–H groups in total. The van der Waals surface area contributed by atoms with Gasteiger partial charge in [0.05, 0.1) is 5.92 Å². The number of carboxylic acid groups (broad SMARTS) is 1. The average Bonchev–Trinajstić information content (AvgIpc) is 3.26. The highest BCUT2D eigenvalue weighted by molar-refractivity contribution is 5.84. The lowest BCUT2D eigenvalue weighted by Crippen LogP contribution is -2.46. The number of rotatable bonds is 3. The van der Waals surface area contributed by atoms with Crippen LogP contribution in [-0.4, -0.2) is 35.0 Å². The topological polar surface area (TPSA) is 57.6 Å². The van der Waals surface area contributed by atoms with E-state index in [1.165, 1.54) is 12.1 Å². The fourth-order valence-corrected chi connectivity index (χ4v) is 3.56. The van der Waals surface area contributed by atoms with Gasteiger partial charge in [0.15, 0.2) is 0 Å². The number of amides is 1. The number of carbonyl (C=O) groups excluding carboxylic acids is 1. The molecular weight excluding hydrogens is 304 g/mol. The molecule has 4 nitrogen and oxygen atoms in total. The molecule has 1 saturated carbocycles. The van der Waals surface area contributed by atoms with Gasteiger partial charge in [-0.2, -0.15) is 0 Å². The van der Waals surface area contributed by atoms with Crippen LogP contribution >= 0.6 is 0 Å². The molecule has 4 unspecified atom stereocenters. The number of nitrogens with zero attached hydrogens (tertiary/aromatic N) is 1. The van der Waals surface area contributed by atoms with Crippen molar-refractivity contribution in [3.8, 4) is 0 Å². The van der Waals surface area contributed by atoms with Crippen molar-refractivity contribution in [3.05, 3.63) is 35.4 Å². The van der Waals surface area contributed by atoms with Gasteiger partial charge in [0.25, 0.3) is 0 Å². The Kier molecular flexibility index (Phi) is 4.08. The quantitative estimate of drug-likeness (QED) is 0.930. The lowest BCUT2D eigenvalue weighted by atomic mass is 9.90. The van der Waals surface area contributed by atoms with E-state index in [-0.39, 0.29) is 30.2 Å². The van der Waals surface area contributed by atoms with E-state index in [1.54, 1.807) is 4.90 Å².